The highest BCUT2D eigenvalue weighted by molar-refractivity contribution is 5.36. The van der Waals surface area contributed by atoms with E-state index in [4.69, 9.17) is 5.11 Å². The number of hydrogen-bond donors (Lipinski definition) is 1. The molecule has 5 heteroatoms. The normalized spacial score (nSPS) is 19.6. The molecule has 1 aromatic rings. The molecule has 0 aromatic carbocycles. The minimum absolute atomic E-state index is 0.00542. The summed E-state index contributed by atoms with van der Waals surface area (Å²) in [6, 6.07) is 0. The van der Waals surface area contributed by atoms with Gasteiger partial charge in [-0.05, 0) is 31.1 Å². The first-order chi connectivity index (χ1) is 9.61. The zero-order valence-corrected chi connectivity index (χ0v) is 12.5. The van der Waals surface area contributed by atoms with E-state index in [0.717, 1.165) is 38.9 Å². The van der Waals surface area contributed by atoms with Crippen LogP contribution < -0.4 is 10.5 Å². The van der Waals surface area contributed by atoms with E-state index in [1.54, 1.807) is 17.0 Å². The Balaban J connectivity index is 2.17. The SMILES string of the molecule is CC(C)Cn1ccnc(N2CCCC(CCO)C2)c1=O. The summed E-state index contributed by atoms with van der Waals surface area (Å²) in [4.78, 5) is 18.9. The van der Waals surface area contributed by atoms with Gasteiger partial charge < -0.3 is 14.6 Å². The van der Waals surface area contributed by atoms with Crippen molar-refractivity contribution in [2.45, 2.75) is 39.7 Å². The van der Waals surface area contributed by atoms with Gasteiger partial charge in [0.25, 0.3) is 5.56 Å². The van der Waals surface area contributed by atoms with Crippen molar-refractivity contribution in [1.29, 1.82) is 0 Å². The largest absolute Gasteiger partial charge is 0.396 e. The molecule has 2 rings (SSSR count). The highest BCUT2D eigenvalue weighted by atomic mass is 16.3. The first-order valence-corrected chi connectivity index (χ1v) is 7.53. The highest BCUT2D eigenvalue weighted by Gasteiger charge is 2.22. The first-order valence-electron chi connectivity index (χ1n) is 7.53. The fraction of sp³-hybridized carbons (Fsp3) is 0.733. The molecule has 1 aromatic heterocycles. The van der Waals surface area contributed by atoms with Crippen molar-refractivity contribution in [1.82, 2.24) is 9.55 Å². The standard InChI is InChI=1S/C15H25N3O2/c1-12(2)10-18-8-6-16-14(15(18)20)17-7-3-4-13(11-17)5-9-19/h6,8,12-13,19H,3-5,7,9-11H2,1-2H3. The number of aliphatic hydroxyl groups excluding tert-OH is 1. The van der Waals surface area contributed by atoms with Crippen molar-refractivity contribution in [3.05, 3.63) is 22.7 Å². The van der Waals surface area contributed by atoms with Crippen LogP contribution in [0.2, 0.25) is 0 Å². The van der Waals surface area contributed by atoms with Gasteiger partial charge in [0.2, 0.25) is 0 Å². The third-order valence-corrected chi connectivity index (χ3v) is 3.81. The smallest absolute Gasteiger partial charge is 0.293 e. The third-order valence-electron chi connectivity index (χ3n) is 3.81. The van der Waals surface area contributed by atoms with Gasteiger partial charge in [0, 0.05) is 38.6 Å². The van der Waals surface area contributed by atoms with Gasteiger partial charge in [-0.25, -0.2) is 4.98 Å². The van der Waals surface area contributed by atoms with Crippen LogP contribution in [0.3, 0.4) is 0 Å². The zero-order chi connectivity index (χ0) is 14.5. The van der Waals surface area contributed by atoms with Crippen LogP contribution in [-0.2, 0) is 6.54 Å². The molecule has 1 atom stereocenters. The summed E-state index contributed by atoms with van der Waals surface area (Å²) in [5.41, 5.74) is 0.00542. The molecular weight excluding hydrogens is 254 g/mol. The zero-order valence-electron chi connectivity index (χ0n) is 12.5. The molecule has 0 amide bonds. The average molecular weight is 279 g/mol. The predicted molar refractivity (Wildman–Crippen MR) is 80.0 cm³/mol. The monoisotopic (exact) mass is 279 g/mol. The number of anilines is 1. The molecule has 112 valence electrons. The Kier molecular flexibility index (Phi) is 5.17. The maximum atomic E-state index is 12.5. The summed E-state index contributed by atoms with van der Waals surface area (Å²) in [7, 11) is 0. The molecular formula is C15H25N3O2. The lowest BCUT2D eigenvalue weighted by atomic mass is 9.95. The van der Waals surface area contributed by atoms with Crippen LogP contribution in [0.15, 0.2) is 17.2 Å². The summed E-state index contributed by atoms with van der Waals surface area (Å²) < 4.78 is 1.75. The number of aromatic nitrogens is 2. The fourth-order valence-electron chi connectivity index (χ4n) is 2.87. The van der Waals surface area contributed by atoms with Crippen molar-refractivity contribution in [3.8, 4) is 0 Å². The van der Waals surface area contributed by atoms with E-state index in [1.165, 1.54) is 0 Å². The molecule has 1 fully saturated rings. The van der Waals surface area contributed by atoms with Gasteiger partial charge in [-0.15, -0.1) is 0 Å². The van der Waals surface area contributed by atoms with Gasteiger partial charge in [0.1, 0.15) is 0 Å². The third kappa shape index (κ3) is 3.60. The van der Waals surface area contributed by atoms with Gasteiger partial charge in [0.05, 0.1) is 0 Å². The summed E-state index contributed by atoms with van der Waals surface area (Å²) in [6.07, 6.45) is 6.48. The van der Waals surface area contributed by atoms with Gasteiger partial charge in [-0.1, -0.05) is 13.8 Å². The highest BCUT2D eigenvalue weighted by Crippen LogP contribution is 2.21. The molecule has 1 N–H and O–H groups in total. The van der Waals surface area contributed by atoms with E-state index in [0.29, 0.717) is 17.7 Å². The fourth-order valence-corrected chi connectivity index (χ4v) is 2.87. The number of hydrogen-bond acceptors (Lipinski definition) is 4. The van der Waals surface area contributed by atoms with E-state index in [-0.39, 0.29) is 12.2 Å². The van der Waals surface area contributed by atoms with Crippen molar-refractivity contribution in [2.75, 3.05) is 24.6 Å². The second kappa shape index (κ2) is 6.88. The predicted octanol–water partition coefficient (Wildman–Crippen LogP) is 1.50. The van der Waals surface area contributed by atoms with Gasteiger partial charge in [-0.2, -0.15) is 0 Å². The second-order valence-corrected chi connectivity index (χ2v) is 6.07. The van der Waals surface area contributed by atoms with Gasteiger partial charge in [0.15, 0.2) is 5.82 Å². The van der Waals surface area contributed by atoms with Crippen molar-refractivity contribution in [3.63, 3.8) is 0 Å². The van der Waals surface area contributed by atoms with Gasteiger partial charge in [-0.3, -0.25) is 4.79 Å². The maximum Gasteiger partial charge on any atom is 0.293 e. The maximum absolute atomic E-state index is 12.5. The van der Waals surface area contributed by atoms with Gasteiger partial charge >= 0.3 is 0 Å². The van der Waals surface area contributed by atoms with Crippen molar-refractivity contribution >= 4 is 5.82 Å². The summed E-state index contributed by atoms with van der Waals surface area (Å²) >= 11 is 0. The molecule has 1 aliphatic heterocycles. The summed E-state index contributed by atoms with van der Waals surface area (Å²) in [5.74, 6) is 1.47. The van der Waals surface area contributed by atoms with E-state index in [2.05, 4.69) is 23.7 Å². The molecule has 1 saturated heterocycles. The minimum Gasteiger partial charge on any atom is -0.396 e. The molecule has 0 aliphatic carbocycles. The Morgan fingerprint density at radius 1 is 1.50 bits per heavy atom. The second-order valence-electron chi connectivity index (χ2n) is 6.07. The Hall–Kier alpha value is -1.36. The minimum atomic E-state index is 0.00542. The van der Waals surface area contributed by atoms with Crippen molar-refractivity contribution < 1.29 is 5.11 Å². The molecule has 0 spiro atoms. The average Bonchev–Trinajstić information content (AvgIpc) is 2.41. The van der Waals surface area contributed by atoms with Crippen molar-refractivity contribution in [2.24, 2.45) is 11.8 Å². The van der Waals surface area contributed by atoms with Crippen LogP contribution in [0, 0.1) is 11.8 Å². The lowest BCUT2D eigenvalue weighted by Crippen LogP contribution is -2.40. The Labute approximate surface area is 120 Å². The number of piperidine rings is 1. The molecule has 1 aliphatic rings. The van der Waals surface area contributed by atoms with Crippen LogP contribution in [0.5, 0.6) is 0 Å². The van der Waals surface area contributed by atoms with E-state index >= 15 is 0 Å². The molecule has 20 heavy (non-hydrogen) atoms. The van der Waals surface area contributed by atoms with E-state index < -0.39 is 0 Å². The number of rotatable bonds is 5. The van der Waals surface area contributed by atoms with Crippen LogP contribution >= 0.6 is 0 Å². The molecule has 2 heterocycles. The molecule has 0 radical (unpaired) electrons. The molecule has 1 unspecified atom stereocenters. The quantitative estimate of drug-likeness (QED) is 0.887. The summed E-state index contributed by atoms with van der Waals surface area (Å²) in [6.45, 7) is 6.86. The number of nitrogens with zero attached hydrogens (tertiary/aromatic N) is 3. The van der Waals surface area contributed by atoms with Crippen LogP contribution in [0.25, 0.3) is 0 Å². The summed E-state index contributed by atoms with van der Waals surface area (Å²) in [5, 5.41) is 9.07. The molecule has 0 bridgehead atoms. The lowest BCUT2D eigenvalue weighted by molar-refractivity contribution is 0.244. The molecule has 5 nitrogen and oxygen atoms in total. The van der Waals surface area contributed by atoms with E-state index in [9.17, 15) is 4.79 Å². The van der Waals surface area contributed by atoms with E-state index in [1.807, 2.05) is 0 Å². The Bertz CT molecular complexity index is 482. The first kappa shape index (κ1) is 15.0. The lowest BCUT2D eigenvalue weighted by Gasteiger charge is -2.33. The Morgan fingerprint density at radius 3 is 3.00 bits per heavy atom. The van der Waals surface area contributed by atoms with Crippen LogP contribution in [0.1, 0.15) is 33.1 Å². The van der Waals surface area contributed by atoms with Crippen LogP contribution in [0.4, 0.5) is 5.82 Å². The Morgan fingerprint density at radius 2 is 2.30 bits per heavy atom. The van der Waals surface area contributed by atoms with Crippen LogP contribution in [-0.4, -0.2) is 34.4 Å². The topological polar surface area (TPSA) is 58.4 Å². The molecule has 0 saturated carbocycles. The number of aliphatic hydroxyl groups is 1.